The Hall–Kier alpha value is -3.26. The Bertz CT molecular complexity index is 1040. The summed E-state index contributed by atoms with van der Waals surface area (Å²) in [5, 5.41) is 14.1. The predicted molar refractivity (Wildman–Crippen MR) is 107 cm³/mol. The molecule has 3 N–H and O–H groups in total. The largest absolute Gasteiger partial charge is 0.545 e. The van der Waals surface area contributed by atoms with Crippen molar-refractivity contribution in [2.45, 2.75) is 10.6 Å². The SMILES string of the molecule is COc1ccc(CSc2cc(C(=O)[O-])c(Nc3ccccc3F)c(F)c2N)cc1. The van der Waals surface area contributed by atoms with Gasteiger partial charge in [0.15, 0.2) is 5.82 Å². The molecule has 3 rings (SSSR count). The lowest BCUT2D eigenvalue weighted by molar-refractivity contribution is -0.254. The highest BCUT2D eigenvalue weighted by atomic mass is 32.2. The number of ether oxygens (including phenoxy) is 1. The topological polar surface area (TPSA) is 87.4 Å². The van der Waals surface area contributed by atoms with E-state index in [1.807, 2.05) is 12.1 Å². The van der Waals surface area contributed by atoms with Gasteiger partial charge < -0.3 is 25.7 Å². The number of rotatable bonds is 7. The number of halogens is 2. The number of carbonyl (C=O) groups excluding carboxylic acids is 1. The van der Waals surface area contributed by atoms with Crippen LogP contribution in [0.15, 0.2) is 59.5 Å². The van der Waals surface area contributed by atoms with E-state index in [-0.39, 0.29) is 16.3 Å². The van der Waals surface area contributed by atoms with Crippen LogP contribution in [0.25, 0.3) is 0 Å². The highest BCUT2D eigenvalue weighted by Crippen LogP contribution is 2.37. The van der Waals surface area contributed by atoms with Gasteiger partial charge in [0.2, 0.25) is 0 Å². The Kier molecular flexibility index (Phi) is 6.23. The Morgan fingerprint density at radius 1 is 1.17 bits per heavy atom. The molecule has 0 heterocycles. The van der Waals surface area contributed by atoms with E-state index in [2.05, 4.69) is 5.32 Å². The summed E-state index contributed by atoms with van der Waals surface area (Å²) in [6.07, 6.45) is 0. The zero-order valence-corrected chi connectivity index (χ0v) is 16.2. The second-order valence-corrected chi connectivity index (χ2v) is 7.07. The first-order chi connectivity index (χ1) is 13.9. The number of hydrogen-bond donors (Lipinski definition) is 2. The molecule has 0 atom stereocenters. The number of carboxylic acid groups (broad SMARTS) is 1. The van der Waals surface area contributed by atoms with E-state index in [0.717, 1.165) is 5.56 Å². The second kappa shape index (κ2) is 8.83. The van der Waals surface area contributed by atoms with Crippen molar-refractivity contribution < 1.29 is 23.4 Å². The van der Waals surface area contributed by atoms with Crippen molar-refractivity contribution >= 4 is 34.8 Å². The van der Waals surface area contributed by atoms with E-state index in [0.29, 0.717) is 11.5 Å². The molecule has 3 aromatic rings. The molecule has 0 aliphatic rings. The number of carboxylic acids is 1. The fraction of sp³-hybridized carbons (Fsp3) is 0.0952. The van der Waals surface area contributed by atoms with Crippen molar-refractivity contribution in [1.82, 2.24) is 0 Å². The fourth-order valence-electron chi connectivity index (χ4n) is 2.62. The van der Waals surface area contributed by atoms with Crippen LogP contribution in [0.5, 0.6) is 5.75 Å². The van der Waals surface area contributed by atoms with Gasteiger partial charge >= 0.3 is 0 Å². The van der Waals surface area contributed by atoms with E-state index in [4.69, 9.17) is 10.5 Å². The van der Waals surface area contributed by atoms with Crippen LogP contribution in [-0.4, -0.2) is 13.1 Å². The van der Waals surface area contributed by atoms with Gasteiger partial charge in [-0.2, -0.15) is 0 Å². The van der Waals surface area contributed by atoms with Crippen molar-refractivity contribution in [3.05, 3.63) is 77.4 Å². The highest BCUT2D eigenvalue weighted by Gasteiger charge is 2.19. The van der Waals surface area contributed by atoms with Crippen molar-refractivity contribution in [3.63, 3.8) is 0 Å². The summed E-state index contributed by atoms with van der Waals surface area (Å²) >= 11 is 1.18. The summed E-state index contributed by atoms with van der Waals surface area (Å²) in [7, 11) is 1.56. The maximum atomic E-state index is 14.9. The number of thioether (sulfide) groups is 1. The lowest BCUT2D eigenvalue weighted by Gasteiger charge is -2.18. The van der Waals surface area contributed by atoms with Crippen LogP contribution in [0.4, 0.5) is 25.8 Å². The summed E-state index contributed by atoms with van der Waals surface area (Å²) in [6.45, 7) is 0. The number of methoxy groups -OCH3 is 1. The summed E-state index contributed by atoms with van der Waals surface area (Å²) < 4.78 is 33.9. The predicted octanol–water partition coefficient (Wildman–Crippen LogP) is 3.96. The Morgan fingerprint density at radius 2 is 1.86 bits per heavy atom. The minimum atomic E-state index is -1.60. The monoisotopic (exact) mass is 415 g/mol. The highest BCUT2D eigenvalue weighted by molar-refractivity contribution is 7.98. The number of nitrogen functional groups attached to an aromatic ring is 1. The molecule has 0 spiro atoms. The number of anilines is 3. The van der Waals surface area contributed by atoms with Crippen LogP contribution >= 0.6 is 11.8 Å². The van der Waals surface area contributed by atoms with Crippen LogP contribution in [0.3, 0.4) is 0 Å². The third kappa shape index (κ3) is 4.60. The first kappa shape index (κ1) is 20.5. The zero-order chi connectivity index (χ0) is 21.0. The molecule has 5 nitrogen and oxygen atoms in total. The molecular formula is C21H17F2N2O3S-. The van der Waals surface area contributed by atoms with E-state index < -0.39 is 28.9 Å². The number of nitrogens with two attached hydrogens (primary N) is 1. The smallest absolute Gasteiger partial charge is 0.171 e. The Labute approximate surface area is 170 Å². The number of aromatic carboxylic acids is 1. The minimum absolute atomic E-state index is 0.0769. The van der Waals surface area contributed by atoms with Crippen molar-refractivity contribution in [2.24, 2.45) is 0 Å². The van der Waals surface area contributed by atoms with Gasteiger partial charge in [0.25, 0.3) is 0 Å². The summed E-state index contributed by atoms with van der Waals surface area (Å²) in [4.78, 5) is 11.8. The molecule has 0 aromatic heterocycles. The van der Waals surface area contributed by atoms with E-state index in [9.17, 15) is 18.7 Å². The zero-order valence-electron chi connectivity index (χ0n) is 15.4. The van der Waals surface area contributed by atoms with Gasteiger partial charge in [0.1, 0.15) is 11.6 Å². The standard InChI is InChI=1S/C21H18F2N2O3S/c1-28-13-8-6-12(7-9-13)11-29-17-10-14(21(26)27)20(18(23)19(17)24)25-16-5-3-2-4-15(16)22/h2-10,25H,11,24H2,1H3,(H,26,27)/p-1. The first-order valence-corrected chi connectivity index (χ1v) is 9.50. The van der Waals surface area contributed by atoms with Gasteiger partial charge in [-0.3, -0.25) is 0 Å². The second-order valence-electron chi connectivity index (χ2n) is 6.05. The molecule has 0 radical (unpaired) electrons. The molecule has 0 amide bonds. The normalized spacial score (nSPS) is 10.6. The van der Waals surface area contributed by atoms with E-state index in [1.54, 1.807) is 19.2 Å². The Balaban J connectivity index is 1.91. The van der Waals surface area contributed by atoms with Crippen molar-refractivity contribution in [2.75, 3.05) is 18.2 Å². The molecule has 8 heteroatoms. The molecule has 0 aliphatic carbocycles. The summed E-state index contributed by atoms with van der Waals surface area (Å²) in [5.74, 6) is -2.11. The average molecular weight is 415 g/mol. The molecule has 0 bridgehead atoms. The van der Waals surface area contributed by atoms with Gasteiger partial charge in [-0.1, -0.05) is 24.3 Å². The van der Waals surface area contributed by atoms with Crippen LogP contribution in [0.2, 0.25) is 0 Å². The van der Waals surface area contributed by atoms with Crippen LogP contribution in [0.1, 0.15) is 15.9 Å². The van der Waals surface area contributed by atoms with Crippen molar-refractivity contribution in [3.8, 4) is 5.75 Å². The minimum Gasteiger partial charge on any atom is -0.545 e. The van der Waals surface area contributed by atoms with Crippen LogP contribution in [-0.2, 0) is 5.75 Å². The lowest BCUT2D eigenvalue weighted by Crippen LogP contribution is -2.24. The maximum absolute atomic E-state index is 14.9. The summed E-state index contributed by atoms with van der Waals surface area (Å²) in [6, 6.07) is 14.0. The maximum Gasteiger partial charge on any atom is 0.171 e. The Morgan fingerprint density at radius 3 is 2.48 bits per heavy atom. The number of para-hydroxylation sites is 1. The molecule has 3 aromatic carbocycles. The molecule has 0 unspecified atom stereocenters. The number of nitrogens with one attached hydrogen (secondary N) is 1. The number of hydrogen-bond acceptors (Lipinski definition) is 6. The molecule has 0 fully saturated rings. The first-order valence-electron chi connectivity index (χ1n) is 8.51. The average Bonchev–Trinajstić information content (AvgIpc) is 2.72. The lowest BCUT2D eigenvalue weighted by atomic mass is 10.1. The van der Waals surface area contributed by atoms with Gasteiger partial charge in [-0.25, -0.2) is 8.78 Å². The molecule has 150 valence electrons. The number of benzene rings is 3. The quantitative estimate of drug-likeness (QED) is 0.449. The molecule has 0 aliphatic heterocycles. The van der Waals surface area contributed by atoms with E-state index >= 15 is 0 Å². The third-order valence-electron chi connectivity index (χ3n) is 4.17. The van der Waals surface area contributed by atoms with Gasteiger partial charge in [-0.15, -0.1) is 11.8 Å². The fourth-order valence-corrected chi connectivity index (χ4v) is 3.59. The molecule has 0 saturated heterocycles. The van der Waals surface area contributed by atoms with Gasteiger partial charge in [0.05, 0.1) is 30.1 Å². The summed E-state index contributed by atoms with van der Waals surface area (Å²) in [5.41, 5.74) is 5.61. The van der Waals surface area contributed by atoms with Crippen LogP contribution in [0, 0.1) is 11.6 Å². The van der Waals surface area contributed by atoms with Crippen molar-refractivity contribution in [1.29, 1.82) is 0 Å². The molecular weight excluding hydrogens is 398 g/mol. The molecule has 0 saturated carbocycles. The molecule has 29 heavy (non-hydrogen) atoms. The van der Waals surface area contributed by atoms with Crippen LogP contribution < -0.4 is 20.9 Å². The third-order valence-corrected chi connectivity index (χ3v) is 5.30. The van der Waals surface area contributed by atoms with E-state index in [1.165, 1.54) is 42.1 Å². The van der Waals surface area contributed by atoms with Gasteiger partial charge in [0, 0.05) is 16.2 Å². The number of carbonyl (C=O) groups is 1. The van der Waals surface area contributed by atoms with Gasteiger partial charge in [-0.05, 0) is 35.9 Å².